The number of nitrogens with zero attached hydrogens (tertiary/aromatic N) is 2. The largest absolute Gasteiger partial charge is 0.493 e. The van der Waals surface area contributed by atoms with E-state index >= 15 is 0 Å². The van der Waals surface area contributed by atoms with Crippen LogP contribution >= 0.6 is 15.9 Å². The third-order valence-electron chi connectivity index (χ3n) is 4.82. The number of nitrogens with one attached hydrogen (secondary N) is 1. The molecule has 0 saturated heterocycles. The van der Waals surface area contributed by atoms with E-state index in [-0.39, 0.29) is 11.5 Å². The van der Waals surface area contributed by atoms with Crippen LogP contribution in [-0.2, 0) is 0 Å². The Morgan fingerprint density at radius 3 is 2.59 bits per heavy atom. The summed E-state index contributed by atoms with van der Waals surface area (Å²) in [6.07, 6.45) is 0. The maximum absolute atomic E-state index is 9.87. The molecule has 0 bridgehead atoms. The molecule has 0 aliphatic carbocycles. The standard InChI is InChI=1S/C21H17BrN4O3/c1-27-15-5-3-4-13(19(15)28-2)16-14(10-23)20(24)29-21-17(16)18(25-26-21)11-6-8-12(22)9-7-11/h3-9,16H,24H2,1-2H3,(H,25,26)/t16-/m1/s1. The Morgan fingerprint density at radius 2 is 1.93 bits per heavy atom. The van der Waals surface area contributed by atoms with Crippen molar-refractivity contribution in [3.63, 3.8) is 0 Å². The molecule has 8 heteroatoms. The van der Waals surface area contributed by atoms with Gasteiger partial charge in [0.05, 0.1) is 31.4 Å². The Bertz CT molecular complexity index is 1150. The Morgan fingerprint density at radius 1 is 1.17 bits per heavy atom. The third-order valence-corrected chi connectivity index (χ3v) is 5.34. The highest BCUT2D eigenvalue weighted by Gasteiger charge is 2.37. The molecule has 0 radical (unpaired) electrons. The summed E-state index contributed by atoms with van der Waals surface area (Å²) in [5, 5.41) is 17.2. The van der Waals surface area contributed by atoms with Gasteiger partial charge in [-0.25, -0.2) is 0 Å². The van der Waals surface area contributed by atoms with Crippen molar-refractivity contribution in [1.82, 2.24) is 10.2 Å². The summed E-state index contributed by atoms with van der Waals surface area (Å²) in [5.41, 5.74) is 9.43. The van der Waals surface area contributed by atoms with Crippen molar-refractivity contribution in [2.24, 2.45) is 5.73 Å². The van der Waals surface area contributed by atoms with Gasteiger partial charge in [0.1, 0.15) is 11.6 Å². The highest BCUT2D eigenvalue weighted by Crippen LogP contribution is 2.49. The minimum absolute atomic E-state index is 0.0173. The first-order chi connectivity index (χ1) is 14.1. The smallest absolute Gasteiger partial charge is 0.244 e. The molecule has 146 valence electrons. The molecular formula is C21H17BrN4O3. The van der Waals surface area contributed by atoms with Gasteiger partial charge in [-0.1, -0.05) is 40.2 Å². The van der Waals surface area contributed by atoms with Crippen molar-refractivity contribution < 1.29 is 14.2 Å². The van der Waals surface area contributed by atoms with E-state index in [1.807, 2.05) is 36.4 Å². The van der Waals surface area contributed by atoms with Gasteiger partial charge in [-0.3, -0.25) is 5.10 Å². The number of fused-ring (bicyclic) bond motifs is 1. The maximum atomic E-state index is 9.87. The fourth-order valence-electron chi connectivity index (χ4n) is 3.53. The highest BCUT2D eigenvalue weighted by atomic mass is 79.9. The summed E-state index contributed by atoms with van der Waals surface area (Å²) in [5.74, 6) is 0.892. The lowest BCUT2D eigenvalue weighted by atomic mass is 9.82. The van der Waals surface area contributed by atoms with Crippen molar-refractivity contribution in [2.45, 2.75) is 5.92 Å². The molecule has 0 fully saturated rings. The number of hydrogen-bond donors (Lipinski definition) is 2. The summed E-state index contributed by atoms with van der Waals surface area (Å²) in [6.45, 7) is 0. The molecule has 2 heterocycles. The molecule has 3 aromatic rings. The number of H-pyrrole nitrogens is 1. The van der Waals surface area contributed by atoms with Gasteiger partial charge in [0.2, 0.25) is 11.8 Å². The Hall–Kier alpha value is -3.44. The van der Waals surface area contributed by atoms with Crippen molar-refractivity contribution in [3.8, 4) is 34.7 Å². The third kappa shape index (κ3) is 3.09. The SMILES string of the molecule is COc1cccc([C@@H]2C(C#N)=C(N)Oc3n[nH]c(-c4ccc(Br)cc4)c32)c1OC. The van der Waals surface area contributed by atoms with Gasteiger partial charge < -0.3 is 19.9 Å². The number of hydrogen-bond acceptors (Lipinski definition) is 6. The molecule has 29 heavy (non-hydrogen) atoms. The van der Waals surface area contributed by atoms with Crippen LogP contribution in [0, 0.1) is 11.3 Å². The first kappa shape index (κ1) is 18.9. The average molecular weight is 453 g/mol. The zero-order valence-corrected chi connectivity index (χ0v) is 17.3. The number of aromatic amines is 1. The number of nitriles is 1. The minimum atomic E-state index is -0.536. The normalized spacial score (nSPS) is 15.3. The second kappa shape index (κ2) is 7.53. The number of para-hydroxylation sites is 1. The number of nitrogens with two attached hydrogens (primary N) is 1. The van der Waals surface area contributed by atoms with Crippen molar-refractivity contribution in [3.05, 3.63) is 69.5 Å². The number of halogens is 1. The quantitative estimate of drug-likeness (QED) is 0.617. The van der Waals surface area contributed by atoms with Crippen LogP contribution in [-0.4, -0.2) is 24.4 Å². The van der Waals surface area contributed by atoms with Gasteiger partial charge in [0, 0.05) is 15.6 Å². The molecule has 1 atom stereocenters. The Balaban J connectivity index is 1.99. The molecular weight excluding hydrogens is 436 g/mol. The summed E-state index contributed by atoms with van der Waals surface area (Å²) in [6, 6.07) is 15.5. The lowest BCUT2D eigenvalue weighted by Crippen LogP contribution is -2.21. The zero-order valence-electron chi connectivity index (χ0n) is 15.7. The van der Waals surface area contributed by atoms with E-state index in [0.29, 0.717) is 22.9 Å². The van der Waals surface area contributed by atoms with Crippen LogP contribution in [0.5, 0.6) is 17.4 Å². The predicted molar refractivity (Wildman–Crippen MR) is 111 cm³/mol. The number of benzene rings is 2. The summed E-state index contributed by atoms with van der Waals surface area (Å²) >= 11 is 3.45. The predicted octanol–water partition coefficient (Wildman–Crippen LogP) is 4.07. The van der Waals surface area contributed by atoms with Crippen LogP contribution in [0.4, 0.5) is 0 Å². The lowest BCUT2D eigenvalue weighted by molar-refractivity contribution is 0.348. The van der Waals surface area contributed by atoms with Crippen molar-refractivity contribution in [2.75, 3.05) is 14.2 Å². The van der Waals surface area contributed by atoms with E-state index in [1.54, 1.807) is 20.3 Å². The van der Waals surface area contributed by atoms with Crippen LogP contribution in [0.25, 0.3) is 11.3 Å². The van der Waals surface area contributed by atoms with Crippen LogP contribution in [0.1, 0.15) is 17.0 Å². The van der Waals surface area contributed by atoms with Gasteiger partial charge in [0.15, 0.2) is 11.5 Å². The zero-order chi connectivity index (χ0) is 20.5. The second-order valence-corrected chi connectivity index (χ2v) is 7.25. The molecule has 1 aromatic heterocycles. The molecule has 1 aliphatic heterocycles. The lowest BCUT2D eigenvalue weighted by Gasteiger charge is -2.26. The topological polar surface area (TPSA) is 106 Å². The molecule has 2 aromatic carbocycles. The number of allylic oxidation sites excluding steroid dienone is 1. The molecule has 0 amide bonds. The van der Waals surface area contributed by atoms with E-state index in [2.05, 4.69) is 32.2 Å². The summed E-state index contributed by atoms with van der Waals surface area (Å²) in [4.78, 5) is 0. The van der Waals surface area contributed by atoms with Gasteiger partial charge in [-0.2, -0.15) is 5.26 Å². The van der Waals surface area contributed by atoms with E-state index in [4.69, 9.17) is 19.9 Å². The Labute approximate surface area is 175 Å². The molecule has 0 unspecified atom stereocenters. The molecule has 4 rings (SSSR count). The number of aromatic nitrogens is 2. The van der Waals surface area contributed by atoms with E-state index in [9.17, 15) is 5.26 Å². The molecule has 7 nitrogen and oxygen atoms in total. The molecule has 1 aliphatic rings. The minimum Gasteiger partial charge on any atom is -0.493 e. The summed E-state index contributed by atoms with van der Waals surface area (Å²) in [7, 11) is 3.13. The van der Waals surface area contributed by atoms with Crippen molar-refractivity contribution in [1.29, 1.82) is 5.26 Å². The fraction of sp³-hybridized carbons (Fsp3) is 0.143. The van der Waals surface area contributed by atoms with Crippen LogP contribution in [0.2, 0.25) is 0 Å². The van der Waals surface area contributed by atoms with E-state index in [1.165, 1.54) is 0 Å². The van der Waals surface area contributed by atoms with E-state index in [0.717, 1.165) is 21.3 Å². The maximum Gasteiger partial charge on any atom is 0.244 e. The molecule has 0 spiro atoms. The first-order valence-corrected chi connectivity index (χ1v) is 9.51. The summed E-state index contributed by atoms with van der Waals surface area (Å²) < 4.78 is 17.7. The first-order valence-electron chi connectivity index (χ1n) is 8.71. The highest BCUT2D eigenvalue weighted by molar-refractivity contribution is 9.10. The van der Waals surface area contributed by atoms with Crippen molar-refractivity contribution >= 4 is 15.9 Å². The second-order valence-electron chi connectivity index (χ2n) is 6.33. The average Bonchev–Trinajstić information content (AvgIpc) is 3.15. The van der Waals surface area contributed by atoms with Gasteiger partial charge in [0.25, 0.3) is 0 Å². The fourth-order valence-corrected chi connectivity index (χ4v) is 3.80. The number of rotatable bonds is 4. The van der Waals surface area contributed by atoms with Crippen LogP contribution < -0.4 is 19.9 Å². The van der Waals surface area contributed by atoms with Gasteiger partial charge in [-0.15, -0.1) is 5.10 Å². The van der Waals surface area contributed by atoms with Gasteiger partial charge in [-0.05, 0) is 18.2 Å². The van der Waals surface area contributed by atoms with Crippen LogP contribution in [0.3, 0.4) is 0 Å². The molecule has 3 N–H and O–H groups in total. The van der Waals surface area contributed by atoms with E-state index < -0.39 is 5.92 Å². The van der Waals surface area contributed by atoms with Crippen LogP contribution in [0.15, 0.2) is 58.4 Å². The monoisotopic (exact) mass is 452 g/mol. The Kier molecular flexibility index (Phi) is 4.91. The number of methoxy groups -OCH3 is 2. The van der Waals surface area contributed by atoms with Gasteiger partial charge >= 0.3 is 0 Å². The number of ether oxygens (including phenoxy) is 3. The molecule has 0 saturated carbocycles.